The van der Waals surface area contributed by atoms with E-state index in [1.54, 1.807) is 18.2 Å². The van der Waals surface area contributed by atoms with Crippen molar-refractivity contribution in [3.05, 3.63) is 89.7 Å². The number of phenolic OH excluding ortho intramolecular Hbond substituents is 1. The third-order valence-electron chi connectivity index (χ3n) is 3.98. The number of anilines is 1. The molecule has 28 heavy (non-hydrogen) atoms. The quantitative estimate of drug-likeness (QED) is 0.592. The number of sulfonamides is 1. The summed E-state index contributed by atoms with van der Waals surface area (Å²) < 4.78 is 40.6. The van der Waals surface area contributed by atoms with Gasteiger partial charge in [0, 0.05) is 17.7 Å². The Bertz CT molecular complexity index is 1100. The maximum absolute atomic E-state index is 13.7. The SMILES string of the molecule is O=C(NCc1ccccc1O)c1ccc(S(=O)(=O)Nc2ccccc2F)cc1. The second-order valence-electron chi connectivity index (χ2n) is 5.92. The van der Waals surface area contributed by atoms with Crippen LogP contribution in [0.25, 0.3) is 0 Å². The summed E-state index contributed by atoms with van der Waals surface area (Å²) in [6.07, 6.45) is 0. The highest BCUT2D eigenvalue weighted by Crippen LogP contribution is 2.19. The number of rotatable bonds is 6. The number of hydrogen-bond donors (Lipinski definition) is 3. The Kier molecular flexibility index (Phi) is 5.60. The molecule has 0 bridgehead atoms. The number of phenols is 1. The number of carbonyl (C=O) groups excluding carboxylic acids is 1. The number of nitrogens with one attached hydrogen (secondary N) is 2. The van der Waals surface area contributed by atoms with Crippen LogP contribution in [0.15, 0.2) is 77.7 Å². The van der Waals surface area contributed by atoms with Gasteiger partial charge in [-0.3, -0.25) is 9.52 Å². The average Bonchev–Trinajstić information content (AvgIpc) is 2.69. The van der Waals surface area contributed by atoms with E-state index in [9.17, 15) is 22.7 Å². The van der Waals surface area contributed by atoms with E-state index in [-0.39, 0.29) is 28.4 Å². The van der Waals surface area contributed by atoms with Crippen LogP contribution in [0.3, 0.4) is 0 Å². The molecular weight excluding hydrogens is 383 g/mol. The lowest BCUT2D eigenvalue weighted by Crippen LogP contribution is -2.23. The van der Waals surface area contributed by atoms with Crippen LogP contribution >= 0.6 is 0 Å². The van der Waals surface area contributed by atoms with Gasteiger partial charge in [0.15, 0.2) is 0 Å². The molecule has 1 amide bonds. The molecule has 8 heteroatoms. The fraction of sp³-hybridized carbons (Fsp3) is 0.0500. The van der Waals surface area contributed by atoms with E-state index in [0.29, 0.717) is 5.56 Å². The van der Waals surface area contributed by atoms with Gasteiger partial charge >= 0.3 is 0 Å². The maximum atomic E-state index is 13.7. The van der Waals surface area contributed by atoms with Crippen LogP contribution in [0.5, 0.6) is 5.75 Å². The Hall–Kier alpha value is -3.39. The number of para-hydroxylation sites is 2. The number of aromatic hydroxyl groups is 1. The number of carbonyl (C=O) groups is 1. The minimum absolute atomic E-state index is 0.0726. The van der Waals surface area contributed by atoms with Gasteiger partial charge in [-0.2, -0.15) is 0 Å². The lowest BCUT2D eigenvalue weighted by Gasteiger charge is -2.10. The van der Waals surface area contributed by atoms with Crippen LogP contribution < -0.4 is 10.0 Å². The van der Waals surface area contributed by atoms with Crippen molar-refractivity contribution >= 4 is 21.6 Å². The first-order chi connectivity index (χ1) is 13.4. The van der Waals surface area contributed by atoms with Gasteiger partial charge in [-0.15, -0.1) is 0 Å². The minimum Gasteiger partial charge on any atom is -0.508 e. The first-order valence-electron chi connectivity index (χ1n) is 8.29. The van der Waals surface area contributed by atoms with Gasteiger partial charge in [0.25, 0.3) is 15.9 Å². The molecule has 0 spiro atoms. The molecule has 3 aromatic rings. The Labute approximate surface area is 161 Å². The van der Waals surface area contributed by atoms with Crippen molar-refractivity contribution in [2.24, 2.45) is 0 Å². The highest BCUT2D eigenvalue weighted by Gasteiger charge is 2.17. The molecule has 0 aliphatic heterocycles. The zero-order chi connectivity index (χ0) is 20.1. The average molecular weight is 400 g/mol. The van der Waals surface area contributed by atoms with Crippen molar-refractivity contribution in [3.8, 4) is 5.75 Å². The molecule has 0 aliphatic rings. The summed E-state index contributed by atoms with van der Waals surface area (Å²) in [7, 11) is -3.99. The van der Waals surface area contributed by atoms with E-state index in [2.05, 4.69) is 10.0 Å². The molecule has 0 fully saturated rings. The lowest BCUT2D eigenvalue weighted by molar-refractivity contribution is 0.0950. The number of hydrogen-bond acceptors (Lipinski definition) is 4. The third-order valence-corrected chi connectivity index (χ3v) is 5.36. The van der Waals surface area contributed by atoms with Crippen molar-refractivity contribution in [2.75, 3.05) is 4.72 Å². The molecule has 0 saturated heterocycles. The second-order valence-corrected chi connectivity index (χ2v) is 7.60. The van der Waals surface area contributed by atoms with Gasteiger partial charge in [0.1, 0.15) is 11.6 Å². The smallest absolute Gasteiger partial charge is 0.261 e. The summed E-state index contributed by atoms with van der Waals surface area (Å²) >= 11 is 0. The van der Waals surface area contributed by atoms with Gasteiger partial charge in [-0.25, -0.2) is 12.8 Å². The predicted molar refractivity (Wildman–Crippen MR) is 103 cm³/mol. The maximum Gasteiger partial charge on any atom is 0.261 e. The van der Waals surface area contributed by atoms with E-state index in [0.717, 1.165) is 6.07 Å². The highest BCUT2D eigenvalue weighted by atomic mass is 32.2. The number of benzene rings is 3. The first kappa shape index (κ1) is 19.4. The van der Waals surface area contributed by atoms with Gasteiger partial charge in [-0.1, -0.05) is 30.3 Å². The van der Waals surface area contributed by atoms with Crippen molar-refractivity contribution in [1.82, 2.24) is 5.32 Å². The molecule has 3 aromatic carbocycles. The van der Waals surface area contributed by atoms with Crippen molar-refractivity contribution in [3.63, 3.8) is 0 Å². The molecule has 3 rings (SSSR count). The summed E-state index contributed by atoms with van der Waals surface area (Å²) in [6.45, 7) is 0.125. The molecule has 0 saturated carbocycles. The molecule has 0 heterocycles. The monoisotopic (exact) mass is 400 g/mol. The van der Waals surface area contributed by atoms with Crippen LogP contribution in [0.4, 0.5) is 10.1 Å². The molecule has 0 radical (unpaired) electrons. The number of amides is 1. The Morgan fingerprint density at radius 2 is 1.57 bits per heavy atom. The van der Waals surface area contributed by atoms with E-state index in [4.69, 9.17) is 0 Å². The summed E-state index contributed by atoms with van der Waals surface area (Å²) in [4.78, 5) is 12.1. The highest BCUT2D eigenvalue weighted by molar-refractivity contribution is 7.92. The summed E-state index contributed by atoms with van der Waals surface area (Å²) in [6, 6.07) is 17.3. The molecule has 0 atom stereocenters. The Morgan fingerprint density at radius 1 is 0.929 bits per heavy atom. The molecule has 144 valence electrons. The normalized spacial score (nSPS) is 11.0. The van der Waals surface area contributed by atoms with Gasteiger partial charge in [0.2, 0.25) is 0 Å². The van der Waals surface area contributed by atoms with Gasteiger partial charge in [0.05, 0.1) is 10.6 Å². The molecule has 0 aliphatic carbocycles. The first-order valence-corrected chi connectivity index (χ1v) is 9.77. The largest absolute Gasteiger partial charge is 0.508 e. The van der Waals surface area contributed by atoms with Crippen LogP contribution in [0.1, 0.15) is 15.9 Å². The topological polar surface area (TPSA) is 95.5 Å². The fourth-order valence-electron chi connectivity index (χ4n) is 2.47. The van der Waals surface area contributed by atoms with Gasteiger partial charge in [-0.05, 0) is 42.5 Å². The van der Waals surface area contributed by atoms with E-state index in [1.807, 2.05) is 0 Å². The molecule has 0 aromatic heterocycles. The predicted octanol–water partition coefficient (Wildman–Crippen LogP) is 3.26. The second kappa shape index (κ2) is 8.10. The van der Waals surface area contributed by atoms with Crippen molar-refractivity contribution in [1.29, 1.82) is 0 Å². The molecule has 6 nitrogen and oxygen atoms in total. The van der Waals surface area contributed by atoms with E-state index < -0.39 is 21.7 Å². The van der Waals surface area contributed by atoms with Crippen LogP contribution in [-0.2, 0) is 16.6 Å². The zero-order valence-electron chi connectivity index (χ0n) is 14.6. The standard InChI is InChI=1S/C20H17FN2O4S/c21-17-6-2-3-7-18(17)23-28(26,27)16-11-9-14(10-12-16)20(25)22-13-15-5-1-4-8-19(15)24/h1-12,23-24H,13H2,(H,22,25). The molecule has 3 N–H and O–H groups in total. The third kappa shape index (κ3) is 4.47. The fourth-order valence-corrected chi connectivity index (χ4v) is 3.54. The Balaban J connectivity index is 1.69. The summed E-state index contributed by atoms with van der Waals surface area (Å²) in [5.74, 6) is -1.04. The zero-order valence-corrected chi connectivity index (χ0v) is 15.4. The lowest BCUT2D eigenvalue weighted by atomic mass is 10.2. The van der Waals surface area contributed by atoms with Crippen LogP contribution in [0, 0.1) is 5.82 Å². The summed E-state index contributed by atoms with van der Waals surface area (Å²) in [5, 5.41) is 12.4. The number of halogens is 1. The van der Waals surface area contributed by atoms with Crippen LogP contribution in [-0.4, -0.2) is 19.4 Å². The Morgan fingerprint density at radius 3 is 2.25 bits per heavy atom. The minimum atomic E-state index is -3.99. The van der Waals surface area contributed by atoms with Crippen molar-refractivity contribution < 1.29 is 22.7 Å². The van der Waals surface area contributed by atoms with Gasteiger partial charge < -0.3 is 10.4 Å². The summed E-state index contributed by atoms with van der Waals surface area (Å²) in [5.41, 5.74) is 0.649. The molecule has 0 unspecified atom stereocenters. The van der Waals surface area contributed by atoms with Crippen molar-refractivity contribution in [2.45, 2.75) is 11.4 Å². The van der Waals surface area contributed by atoms with E-state index >= 15 is 0 Å². The molecular formula is C20H17FN2O4S. The van der Waals surface area contributed by atoms with Crippen LogP contribution in [0.2, 0.25) is 0 Å². The van der Waals surface area contributed by atoms with E-state index in [1.165, 1.54) is 48.5 Å².